The van der Waals surface area contributed by atoms with Crippen LogP contribution in [-0.2, 0) is 14.3 Å². The van der Waals surface area contributed by atoms with E-state index in [1.54, 1.807) is 24.3 Å². The molecular formula is C23H34N2O5. The third-order valence-electron chi connectivity index (χ3n) is 5.44. The molecule has 0 aromatic heterocycles. The van der Waals surface area contributed by atoms with E-state index in [0.29, 0.717) is 23.8 Å². The molecule has 0 aliphatic heterocycles. The van der Waals surface area contributed by atoms with Crippen LogP contribution in [0.1, 0.15) is 63.7 Å². The quantitative estimate of drug-likeness (QED) is 0.601. The first kappa shape index (κ1) is 23.7. The van der Waals surface area contributed by atoms with E-state index >= 15 is 0 Å². The van der Waals surface area contributed by atoms with Crippen molar-refractivity contribution >= 4 is 17.8 Å². The minimum Gasteiger partial charge on any atom is -0.493 e. The van der Waals surface area contributed by atoms with Crippen molar-refractivity contribution in [1.82, 2.24) is 10.6 Å². The molecule has 166 valence electrons. The van der Waals surface area contributed by atoms with E-state index in [1.165, 1.54) is 6.42 Å². The molecule has 1 fully saturated rings. The highest BCUT2D eigenvalue weighted by atomic mass is 16.5. The van der Waals surface area contributed by atoms with Gasteiger partial charge in [0.05, 0.1) is 12.2 Å². The summed E-state index contributed by atoms with van der Waals surface area (Å²) in [6, 6.07) is 6.12. The molecule has 1 aromatic carbocycles. The lowest BCUT2D eigenvalue weighted by molar-refractivity contribution is -0.151. The van der Waals surface area contributed by atoms with Gasteiger partial charge in [0, 0.05) is 6.04 Å². The average molecular weight is 419 g/mol. The Morgan fingerprint density at radius 2 is 1.83 bits per heavy atom. The zero-order valence-electron chi connectivity index (χ0n) is 18.4. The maximum absolute atomic E-state index is 12.7. The number of para-hydroxylation sites is 1. The lowest BCUT2D eigenvalue weighted by atomic mass is 9.86. The molecule has 0 bridgehead atoms. The van der Waals surface area contributed by atoms with Gasteiger partial charge in [-0.25, -0.2) is 4.79 Å². The summed E-state index contributed by atoms with van der Waals surface area (Å²) in [6.07, 6.45) is 4.32. The van der Waals surface area contributed by atoms with Crippen molar-refractivity contribution in [1.29, 1.82) is 0 Å². The lowest BCUT2D eigenvalue weighted by Crippen LogP contribution is -2.47. The molecule has 1 aromatic rings. The fraction of sp³-hybridized carbons (Fsp3) is 0.609. The van der Waals surface area contributed by atoms with Gasteiger partial charge in [-0.3, -0.25) is 9.59 Å². The van der Waals surface area contributed by atoms with Crippen molar-refractivity contribution in [2.75, 3.05) is 13.2 Å². The fourth-order valence-corrected chi connectivity index (χ4v) is 3.66. The Bertz CT molecular complexity index is 734. The number of esters is 1. The second-order valence-corrected chi connectivity index (χ2v) is 8.17. The third-order valence-corrected chi connectivity index (χ3v) is 5.44. The van der Waals surface area contributed by atoms with Gasteiger partial charge in [0.2, 0.25) is 0 Å². The molecule has 2 N–H and O–H groups in total. The van der Waals surface area contributed by atoms with E-state index in [0.717, 1.165) is 19.3 Å². The summed E-state index contributed by atoms with van der Waals surface area (Å²) < 4.78 is 10.7. The molecule has 3 atom stereocenters. The van der Waals surface area contributed by atoms with Gasteiger partial charge >= 0.3 is 5.97 Å². The predicted octanol–water partition coefficient (Wildman–Crippen LogP) is 3.08. The molecule has 7 nitrogen and oxygen atoms in total. The van der Waals surface area contributed by atoms with E-state index in [1.807, 2.05) is 20.8 Å². The third kappa shape index (κ3) is 6.75. The van der Waals surface area contributed by atoms with Crippen molar-refractivity contribution in [3.63, 3.8) is 0 Å². The summed E-state index contributed by atoms with van der Waals surface area (Å²) in [6.45, 7) is 7.66. The Labute approximate surface area is 178 Å². The van der Waals surface area contributed by atoms with E-state index in [2.05, 4.69) is 17.6 Å². The number of carbonyl (C=O) groups is 3. The van der Waals surface area contributed by atoms with Crippen molar-refractivity contribution < 1.29 is 23.9 Å². The molecule has 1 aliphatic carbocycles. The zero-order valence-corrected chi connectivity index (χ0v) is 18.4. The van der Waals surface area contributed by atoms with Crippen molar-refractivity contribution in [3.05, 3.63) is 29.8 Å². The maximum Gasteiger partial charge on any atom is 0.329 e. The molecule has 0 radical (unpaired) electrons. The molecular weight excluding hydrogens is 384 g/mol. The van der Waals surface area contributed by atoms with Gasteiger partial charge in [-0.05, 0) is 43.7 Å². The van der Waals surface area contributed by atoms with E-state index in [4.69, 9.17) is 9.47 Å². The fourth-order valence-electron chi connectivity index (χ4n) is 3.66. The molecule has 30 heavy (non-hydrogen) atoms. The molecule has 2 rings (SSSR count). The topological polar surface area (TPSA) is 93.7 Å². The first-order valence-electron chi connectivity index (χ1n) is 10.8. The smallest absolute Gasteiger partial charge is 0.329 e. The highest BCUT2D eigenvalue weighted by Crippen LogP contribution is 2.23. The molecule has 7 heteroatoms. The largest absolute Gasteiger partial charge is 0.493 e. The summed E-state index contributed by atoms with van der Waals surface area (Å²) in [4.78, 5) is 37.5. The van der Waals surface area contributed by atoms with Crippen LogP contribution in [0.4, 0.5) is 0 Å². The normalized spacial score (nSPS) is 19.6. The van der Waals surface area contributed by atoms with Crippen LogP contribution in [0.25, 0.3) is 0 Å². The molecule has 1 saturated carbocycles. The van der Waals surface area contributed by atoms with Crippen LogP contribution in [0.3, 0.4) is 0 Å². The number of hydrogen-bond donors (Lipinski definition) is 2. The maximum atomic E-state index is 12.7. The number of carbonyl (C=O) groups excluding carboxylic acids is 3. The predicted molar refractivity (Wildman–Crippen MR) is 114 cm³/mol. The second kappa shape index (κ2) is 11.6. The summed E-state index contributed by atoms with van der Waals surface area (Å²) >= 11 is 0. The first-order chi connectivity index (χ1) is 14.3. The van der Waals surface area contributed by atoms with Gasteiger partial charge in [-0.2, -0.15) is 0 Å². The molecule has 0 unspecified atom stereocenters. The van der Waals surface area contributed by atoms with Crippen LogP contribution < -0.4 is 15.4 Å². The van der Waals surface area contributed by atoms with E-state index in [9.17, 15) is 14.4 Å². The molecule has 0 heterocycles. The number of amides is 2. The highest BCUT2D eigenvalue weighted by molar-refractivity contribution is 5.99. The van der Waals surface area contributed by atoms with E-state index in [-0.39, 0.29) is 24.5 Å². The van der Waals surface area contributed by atoms with E-state index < -0.39 is 17.9 Å². The zero-order chi connectivity index (χ0) is 22.1. The number of benzene rings is 1. The first-order valence-corrected chi connectivity index (χ1v) is 10.8. The van der Waals surface area contributed by atoms with Crippen LogP contribution >= 0.6 is 0 Å². The standard InChI is InChI=1S/C23H34N2O5/c1-5-29-19-13-9-7-11-17(19)22(27)25-21(15(2)3)23(28)30-14-20(26)24-18-12-8-6-10-16(18)4/h7,9,11,13,15-16,18,21H,5-6,8,10,12,14H2,1-4H3,(H,24,26)(H,25,27)/t16-,18+,21+/m1/s1. The van der Waals surface area contributed by atoms with Gasteiger partial charge in [0.1, 0.15) is 11.8 Å². The lowest BCUT2D eigenvalue weighted by Gasteiger charge is -2.29. The van der Waals surface area contributed by atoms with Crippen LogP contribution in [0.2, 0.25) is 0 Å². The van der Waals surface area contributed by atoms with Gasteiger partial charge in [-0.1, -0.05) is 45.7 Å². The number of hydrogen-bond acceptors (Lipinski definition) is 5. The minimum absolute atomic E-state index is 0.126. The minimum atomic E-state index is -0.867. The highest BCUT2D eigenvalue weighted by Gasteiger charge is 2.28. The van der Waals surface area contributed by atoms with Crippen LogP contribution in [0.5, 0.6) is 5.75 Å². The van der Waals surface area contributed by atoms with Crippen LogP contribution in [0, 0.1) is 11.8 Å². The molecule has 2 amide bonds. The van der Waals surface area contributed by atoms with Crippen molar-refractivity contribution in [2.24, 2.45) is 11.8 Å². The Morgan fingerprint density at radius 3 is 2.50 bits per heavy atom. The Kier molecular flexibility index (Phi) is 9.15. The summed E-state index contributed by atoms with van der Waals surface area (Å²) in [5, 5.41) is 5.68. The number of ether oxygens (including phenoxy) is 2. The molecule has 0 spiro atoms. The van der Waals surface area contributed by atoms with Gasteiger partial charge in [-0.15, -0.1) is 0 Å². The van der Waals surface area contributed by atoms with Gasteiger partial charge < -0.3 is 20.1 Å². The van der Waals surface area contributed by atoms with Crippen LogP contribution in [-0.4, -0.2) is 43.1 Å². The van der Waals surface area contributed by atoms with Gasteiger partial charge in [0.15, 0.2) is 6.61 Å². The Balaban J connectivity index is 1.93. The Hall–Kier alpha value is -2.57. The van der Waals surface area contributed by atoms with Crippen molar-refractivity contribution in [3.8, 4) is 5.75 Å². The molecule has 1 aliphatic rings. The molecule has 0 saturated heterocycles. The summed E-state index contributed by atoms with van der Waals surface area (Å²) in [5.74, 6) is -0.685. The summed E-state index contributed by atoms with van der Waals surface area (Å²) in [7, 11) is 0. The number of nitrogens with one attached hydrogen (secondary N) is 2. The second-order valence-electron chi connectivity index (χ2n) is 8.17. The monoisotopic (exact) mass is 418 g/mol. The number of rotatable bonds is 9. The summed E-state index contributed by atoms with van der Waals surface area (Å²) in [5.41, 5.74) is 0.349. The van der Waals surface area contributed by atoms with Gasteiger partial charge in [0.25, 0.3) is 11.8 Å². The van der Waals surface area contributed by atoms with Crippen LogP contribution in [0.15, 0.2) is 24.3 Å². The Morgan fingerprint density at radius 1 is 1.13 bits per heavy atom. The average Bonchev–Trinajstić information content (AvgIpc) is 2.72. The SMILES string of the molecule is CCOc1ccccc1C(=O)N[C@H](C(=O)OCC(=O)N[C@H]1CCCC[C@H]1C)C(C)C. The van der Waals surface area contributed by atoms with Crippen molar-refractivity contribution in [2.45, 2.75) is 65.5 Å².